The third kappa shape index (κ3) is 2.34. The molecule has 0 spiro atoms. The first kappa shape index (κ1) is 12.1. The average Bonchev–Trinajstić information content (AvgIpc) is 2.34. The van der Waals surface area contributed by atoms with Crippen LogP contribution in [-0.4, -0.2) is 17.3 Å². The van der Waals surface area contributed by atoms with Crippen LogP contribution in [0.1, 0.15) is 24.0 Å². The zero-order valence-corrected chi connectivity index (χ0v) is 11.2. The molecule has 1 aliphatic heterocycles. The number of carbonyl (C=O) groups excluding carboxylic acids is 1. The summed E-state index contributed by atoms with van der Waals surface area (Å²) in [6, 6.07) is 7.56. The Morgan fingerprint density at radius 3 is 3.00 bits per heavy atom. The number of halogens is 1. The lowest BCUT2D eigenvalue weighted by Crippen LogP contribution is -2.42. The molecule has 0 aromatic heterocycles. The lowest BCUT2D eigenvalue weighted by Gasteiger charge is -2.31. The molecule has 17 heavy (non-hydrogen) atoms. The molecule has 0 radical (unpaired) electrons. The Bertz CT molecular complexity index is 493. The van der Waals surface area contributed by atoms with Crippen molar-refractivity contribution in [3.63, 3.8) is 0 Å². The van der Waals surface area contributed by atoms with Crippen molar-refractivity contribution in [2.24, 2.45) is 0 Å². The normalized spacial score (nSPS) is 20.2. The maximum atomic E-state index is 12.1. The Labute approximate surface area is 109 Å². The number of rotatable bonds is 1. The summed E-state index contributed by atoms with van der Waals surface area (Å²) >= 11 is 3.40. The van der Waals surface area contributed by atoms with Gasteiger partial charge in [-0.05, 0) is 37.5 Å². The summed E-state index contributed by atoms with van der Waals surface area (Å²) < 4.78 is 0. The molecule has 1 saturated heterocycles. The van der Waals surface area contributed by atoms with Crippen LogP contribution in [0, 0.1) is 18.3 Å². The number of anilines is 1. The van der Waals surface area contributed by atoms with Crippen molar-refractivity contribution in [1.82, 2.24) is 0 Å². The molecule has 3 nitrogen and oxygen atoms in total. The van der Waals surface area contributed by atoms with Crippen LogP contribution in [0.25, 0.3) is 0 Å². The third-order valence-electron chi connectivity index (χ3n) is 3.00. The molecule has 2 rings (SSSR count). The van der Waals surface area contributed by atoms with Gasteiger partial charge in [-0.25, -0.2) is 0 Å². The number of aryl methyl sites for hydroxylation is 1. The molecule has 88 valence electrons. The summed E-state index contributed by atoms with van der Waals surface area (Å²) in [5, 5.41) is 8.91. The highest BCUT2D eigenvalue weighted by Gasteiger charge is 2.28. The quantitative estimate of drug-likeness (QED) is 0.747. The van der Waals surface area contributed by atoms with Crippen LogP contribution in [0.3, 0.4) is 0 Å². The van der Waals surface area contributed by atoms with Crippen molar-refractivity contribution in [3.05, 3.63) is 29.3 Å². The maximum absolute atomic E-state index is 12.1. The van der Waals surface area contributed by atoms with Crippen molar-refractivity contribution in [2.75, 3.05) is 11.4 Å². The molecule has 1 aromatic rings. The first-order valence-electron chi connectivity index (χ1n) is 5.59. The molecule has 0 saturated carbocycles. The van der Waals surface area contributed by atoms with Gasteiger partial charge in [-0.15, -0.1) is 0 Å². The Hall–Kier alpha value is -1.34. The first-order valence-corrected chi connectivity index (χ1v) is 6.51. The fraction of sp³-hybridized carbons (Fsp3) is 0.385. The second-order valence-corrected chi connectivity index (χ2v) is 5.32. The van der Waals surface area contributed by atoms with Crippen molar-refractivity contribution < 1.29 is 4.79 Å². The van der Waals surface area contributed by atoms with E-state index < -0.39 is 0 Å². The van der Waals surface area contributed by atoms with Crippen LogP contribution in [0.2, 0.25) is 0 Å². The Kier molecular flexibility index (Phi) is 3.49. The molecule has 1 aromatic carbocycles. The van der Waals surface area contributed by atoms with Crippen LogP contribution in [0.4, 0.5) is 5.69 Å². The van der Waals surface area contributed by atoms with Gasteiger partial charge in [0.1, 0.15) is 0 Å². The molecule has 4 heteroatoms. The second kappa shape index (κ2) is 4.89. The van der Waals surface area contributed by atoms with Crippen molar-refractivity contribution in [1.29, 1.82) is 5.26 Å². The maximum Gasteiger partial charge on any atom is 0.240 e. The Balaban J connectivity index is 2.39. The van der Waals surface area contributed by atoms with Gasteiger partial charge in [0.05, 0.1) is 16.5 Å². The zero-order valence-electron chi connectivity index (χ0n) is 9.61. The molecule has 1 fully saturated rings. The lowest BCUT2D eigenvalue weighted by molar-refractivity contribution is -0.118. The van der Waals surface area contributed by atoms with Gasteiger partial charge >= 0.3 is 0 Å². The molecule has 0 bridgehead atoms. The minimum absolute atomic E-state index is 0.0921. The molecule has 1 heterocycles. The van der Waals surface area contributed by atoms with E-state index in [2.05, 4.69) is 22.0 Å². The van der Waals surface area contributed by atoms with E-state index >= 15 is 0 Å². The van der Waals surface area contributed by atoms with Crippen molar-refractivity contribution in [3.8, 4) is 6.07 Å². The summed E-state index contributed by atoms with van der Waals surface area (Å²) in [6.45, 7) is 2.69. The smallest absolute Gasteiger partial charge is 0.240 e. The SMILES string of the molecule is Cc1ccc(C#N)cc1N1CCCC(Br)C1=O. The third-order valence-corrected chi connectivity index (χ3v) is 3.85. The van der Waals surface area contributed by atoms with E-state index in [9.17, 15) is 4.79 Å². The van der Waals surface area contributed by atoms with E-state index in [1.807, 2.05) is 13.0 Å². The van der Waals surface area contributed by atoms with Gasteiger partial charge in [0, 0.05) is 12.2 Å². The van der Waals surface area contributed by atoms with E-state index in [1.165, 1.54) is 0 Å². The number of piperidine rings is 1. The minimum atomic E-state index is -0.0959. The number of amides is 1. The summed E-state index contributed by atoms with van der Waals surface area (Å²) in [7, 11) is 0. The van der Waals surface area contributed by atoms with Crippen LogP contribution in [0.15, 0.2) is 18.2 Å². The minimum Gasteiger partial charge on any atom is -0.311 e. The molecular weight excluding hydrogens is 280 g/mol. The topological polar surface area (TPSA) is 44.1 Å². The van der Waals surface area contributed by atoms with E-state index in [1.54, 1.807) is 17.0 Å². The van der Waals surface area contributed by atoms with Crippen LogP contribution in [-0.2, 0) is 4.79 Å². The largest absolute Gasteiger partial charge is 0.311 e. The number of carbonyl (C=O) groups is 1. The van der Waals surface area contributed by atoms with Gasteiger partial charge in [0.25, 0.3) is 0 Å². The van der Waals surface area contributed by atoms with Gasteiger partial charge in [-0.3, -0.25) is 4.79 Å². The molecule has 1 unspecified atom stereocenters. The fourth-order valence-corrected chi connectivity index (χ4v) is 2.61. The van der Waals surface area contributed by atoms with E-state index in [0.717, 1.165) is 30.6 Å². The predicted molar refractivity (Wildman–Crippen MR) is 70.2 cm³/mol. The van der Waals surface area contributed by atoms with E-state index in [0.29, 0.717) is 5.56 Å². The first-order chi connectivity index (χ1) is 8.13. The molecule has 1 aliphatic rings. The van der Waals surface area contributed by atoms with E-state index in [-0.39, 0.29) is 10.7 Å². The fourth-order valence-electron chi connectivity index (χ4n) is 2.04. The highest BCUT2D eigenvalue weighted by atomic mass is 79.9. The number of benzene rings is 1. The highest BCUT2D eigenvalue weighted by Crippen LogP contribution is 2.28. The van der Waals surface area contributed by atoms with Gasteiger partial charge in [0.15, 0.2) is 0 Å². The zero-order chi connectivity index (χ0) is 12.4. The Morgan fingerprint density at radius 1 is 1.53 bits per heavy atom. The molecule has 0 aliphatic carbocycles. The van der Waals surface area contributed by atoms with Crippen LogP contribution in [0.5, 0.6) is 0 Å². The number of nitrogens with zero attached hydrogens (tertiary/aromatic N) is 2. The Morgan fingerprint density at radius 2 is 2.29 bits per heavy atom. The number of hydrogen-bond donors (Lipinski definition) is 0. The van der Waals surface area contributed by atoms with Crippen LogP contribution >= 0.6 is 15.9 Å². The number of nitriles is 1. The number of alkyl halides is 1. The monoisotopic (exact) mass is 292 g/mol. The van der Waals surface area contributed by atoms with Crippen LogP contribution < -0.4 is 4.90 Å². The number of hydrogen-bond acceptors (Lipinski definition) is 2. The molecule has 0 N–H and O–H groups in total. The van der Waals surface area contributed by atoms with Gasteiger partial charge in [-0.1, -0.05) is 22.0 Å². The predicted octanol–water partition coefficient (Wildman–Crippen LogP) is 2.76. The standard InChI is InChI=1S/C13H13BrN2O/c1-9-4-5-10(8-15)7-12(9)16-6-2-3-11(14)13(16)17/h4-5,7,11H,2-3,6H2,1H3. The molecule has 1 atom stereocenters. The summed E-state index contributed by atoms with van der Waals surface area (Å²) in [4.78, 5) is 13.8. The average molecular weight is 293 g/mol. The van der Waals surface area contributed by atoms with Gasteiger partial charge in [-0.2, -0.15) is 5.26 Å². The second-order valence-electron chi connectivity index (χ2n) is 4.21. The highest BCUT2D eigenvalue weighted by molar-refractivity contribution is 9.10. The van der Waals surface area contributed by atoms with Gasteiger partial charge in [0.2, 0.25) is 5.91 Å². The van der Waals surface area contributed by atoms with Crippen molar-refractivity contribution in [2.45, 2.75) is 24.6 Å². The van der Waals surface area contributed by atoms with E-state index in [4.69, 9.17) is 5.26 Å². The lowest BCUT2D eigenvalue weighted by atomic mass is 10.1. The summed E-state index contributed by atoms with van der Waals surface area (Å²) in [5.41, 5.74) is 2.48. The summed E-state index contributed by atoms with van der Waals surface area (Å²) in [5.74, 6) is 0.0921. The summed E-state index contributed by atoms with van der Waals surface area (Å²) in [6.07, 6.45) is 1.87. The molecular formula is C13H13BrN2O. The van der Waals surface area contributed by atoms with Crippen molar-refractivity contribution >= 4 is 27.5 Å². The van der Waals surface area contributed by atoms with Gasteiger partial charge < -0.3 is 4.90 Å². The molecule has 1 amide bonds.